The quantitative estimate of drug-likeness (QED) is 0.624. The molecule has 8 nitrogen and oxygen atoms in total. The average molecular weight is 495 g/mol. The Morgan fingerprint density at radius 3 is 2.42 bits per heavy atom. The molecule has 3 amide bonds. The fourth-order valence-corrected chi connectivity index (χ4v) is 4.74. The summed E-state index contributed by atoms with van der Waals surface area (Å²) in [7, 11) is 1.61. The smallest absolute Gasteiger partial charge is 0.338 e. The molecule has 0 unspecified atom stereocenters. The fraction of sp³-hybridized carbons (Fsp3) is 0.370. The largest absolute Gasteiger partial charge is 0.463 e. The number of esters is 1. The van der Waals surface area contributed by atoms with Gasteiger partial charge in [0.2, 0.25) is 0 Å². The summed E-state index contributed by atoms with van der Waals surface area (Å²) < 4.78 is 18.9. The topological polar surface area (TPSA) is 82.2 Å². The van der Waals surface area contributed by atoms with Crippen LogP contribution in [0.5, 0.6) is 0 Å². The van der Waals surface area contributed by atoms with Crippen LogP contribution in [0.3, 0.4) is 0 Å². The number of ether oxygens (including phenoxy) is 1. The van der Waals surface area contributed by atoms with Gasteiger partial charge in [-0.15, -0.1) is 0 Å². The van der Waals surface area contributed by atoms with E-state index in [2.05, 4.69) is 10.2 Å². The fourth-order valence-electron chi connectivity index (χ4n) is 4.74. The number of halogens is 1. The van der Waals surface area contributed by atoms with Gasteiger partial charge in [-0.2, -0.15) is 0 Å². The highest BCUT2D eigenvalue weighted by atomic mass is 19.1. The maximum Gasteiger partial charge on any atom is 0.338 e. The van der Waals surface area contributed by atoms with Crippen LogP contribution in [0.2, 0.25) is 0 Å². The number of carbonyl (C=O) groups excluding carboxylic acids is 3. The van der Waals surface area contributed by atoms with Crippen molar-refractivity contribution >= 4 is 17.9 Å². The molecule has 2 heterocycles. The van der Waals surface area contributed by atoms with Crippen molar-refractivity contribution in [2.75, 3.05) is 39.8 Å². The first-order valence-electron chi connectivity index (χ1n) is 12.1. The molecule has 190 valence electrons. The zero-order chi connectivity index (χ0) is 25.8. The number of carbonyl (C=O) groups is 3. The van der Waals surface area contributed by atoms with Gasteiger partial charge in [0, 0.05) is 50.5 Å². The van der Waals surface area contributed by atoms with Gasteiger partial charge in [-0.3, -0.25) is 14.6 Å². The molecule has 2 aromatic carbocycles. The molecule has 0 radical (unpaired) electrons. The van der Waals surface area contributed by atoms with E-state index in [9.17, 15) is 18.8 Å². The molecule has 36 heavy (non-hydrogen) atoms. The van der Waals surface area contributed by atoms with Crippen LogP contribution in [-0.4, -0.2) is 78.5 Å². The van der Waals surface area contributed by atoms with Gasteiger partial charge in [0.15, 0.2) is 0 Å². The highest BCUT2D eigenvalue weighted by Gasteiger charge is 2.38. The Morgan fingerprint density at radius 2 is 1.78 bits per heavy atom. The lowest BCUT2D eigenvalue weighted by Gasteiger charge is -2.42. The van der Waals surface area contributed by atoms with Crippen molar-refractivity contribution in [2.24, 2.45) is 0 Å². The van der Waals surface area contributed by atoms with Crippen molar-refractivity contribution in [3.8, 4) is 0 Å². The minimum atomic E-state index is -0.762. The molecule has 4 rings (SSSR count). The Kier molecular flexibility index (Phi) is 7.69. The summed E-state index contributed by atoms with van der Waals surface area (Å²) in [6.07, 6.45) is 0. The monoisotopic (exact) mass is 494 g/mol. The van der Waals surface area contributed by atoms with Crippen molar-refractivity contribution in [1.82, 2.24) is 20.0 Å². The van der Waals surface area contributed by atoms with Crippen LogP contribution in [-0.2, 0) is 9.53 Å². The number of amides is 3. The third-order valence-electron chi connectivity index (χ3n) is 6.64. The predicted molar refractivity (Wildman–Crippen MR) is 132 cm³/mol. The maximum atomic E-state index is 13.6. The first-order chi connectivity index (χ1) is 17.3. The number of rotatable bonds is 6. The van der Waals surface area contributed by atoms with E-state index in [0.717, 1.165) is 0 Å². The molecule has 2 aromatic rings. The Labute approximate surface area is 210 Å². The predicted octanol–water partition coefficient (Wildman–Crippen LogP) is 3.19. The molecular formula is C27H31FN4O4. The number of hydrogen-bond donors (Lipinski definition) is 1. The second-order valence-electron chi connectivity index (χ2n) is 9.02. The summed E-state index contributed by atoms with van der Waals surface area (Å²) in [5.41, 5.74) is 2.09. The van der Waals surface area contributed by atoms with Crippen LogP contribution in [0.1, 0.15) is 35.8 Å². The second kappa shape index (κ2) is 10.9. The number of piperazine rings is 1. The molecule has 2 aliphatic heterocycles. The first kappa shape index (κ1) is 25.4. The summed E-state index contributed by atoms with van der Waals surface area (Å²) in [6, 6.07) is 13.7. The van der Waals surface area contributed by atoms with Gasteiger partial charge in [-0.1, -0.05) is 30.3 Å². The maximum absolute atomic E-state index is 13.6. The lowest BCUT2D eigenvalue weighted by Crippen LogP contribution is -2.56. The Morgan fingerprint density at radius 1 is 1.08 bits per heavy atom. The van der Waals surface area contributed by atoms with Gasteiger partial charge in [0.25, 0.3) is 5.91 Å². The Hall–Kier alpha value is -3.72. The van der Waals surface area contributed by atoms with Crippen LogP contribution in [0.4, 0.5) is 9.18 Å². The van der Waals surface area contributed by atoms with Crippen LogP contribution in [0.25, 0.3) is 0 Å². The number of benzene rings is 2. The average Bonchev–Trinajstić information content (AvgIpc) is 2.87. The molecule has 9 heteroatoms. The standard InChI is InChI=1S/C27H31FN4O4/c1-4-36-26(34)23-22(30(3)27(35)29-24(23)19-10-12-21(28)13-11-19)17-31-14-15-32(18(2)16-31)25(33)20-8-6-5-7-9-20/h5-13,18,24H,4,14-17H2,1-3H3,(H,29,35)/t18-,24+/m0/s1. The molecule has 1 N–H and O–H groups in total. The van der Waals surface area contributed by atoms with Crippen LogP contribution < -0.4 is 5.32 Å². The van der Waals surface area contributed by atoms with Gasteiger partial charge >= 0.3 is 12.0 Å². The molecule has 1 saturated heterocycles. The number of likely N-dealkylation sites (N-methyl/N-ethyl adjacent to an activating group) is 1. The van der Waals surface area contributed by atoms with Crippen molar-refractivity contribution in [1.29, 1.82) is 0 Å². The summed E-state index contributed by atoms with van der Waals surface area (Å²) in [5.74, 6) is -0.948. The van der Waals surface area contributed by atoms with Crippen LogP contribution >= 0.6 is 0 Å². The van der Waals surface area contributed by atoms with Gasteiger partial charge in [0.05, 0.1) is 18.2 Å². The number of nitrogens with one attached hydrogen (secondary N) is 1. The van der Waals surface area contributed by atoms with Crippen LogP contribution in [0.15, 0.2) is 65.9 Å². The van der Waals surface area contributed by atoms with Crippen molar-refractivity contribution < 1.29 is 23.5 Å². The summed E-state index contributed by atoms with van der Waals surface area (Å²) in [4.78, 5) is 44.4. The highest BCUT2D eigenvalue weighted by Crippen LogP contribution is 2.32. The van der Waals surface area contributed by atoms with E-state index in [4.69, 9.17) is 4.74 Å². The van der Waals surface area contributed by atoms with E-state index < -0.39 is 17.8 Å². The SMILES string of the molecule is CCOC(=O)C1=C(CN2CCN(C(=O)c3ccccc3)[C@@H](C)C2)N(C)C(=O)N[C@@H]1c1ccc(F)cc1. The first-order valence-corrected chi connectivity index (χ1v) is 12.1. The number of nitrogens with zero attached hydrogens (tertiary/aromatic N) is 3. The second-order valence-corrected chi connectivity index (χ2v) is 9.02. The van der Waals surface area contributed by atoms with Crippen LogP contribution in [0, 0.1) is 5.82 Å². The lowest BCUT2D eigenvalue weighted by molar-refractivity contribution is -0.139. The Balaban J connectivity index is 1.60. The molecule has 1 fully saturated rings. The lowest BCUT2D eigenvalue weighted by atomic mass is 9.94. The molecule has 0 aliphatic carbocycles. The summed E-state index contributed by atoms with van der Waals surface area (Å²) in [6.45, 7) is 5.91. The molecule has 2 aliphatic rings. The van der Waals surface area contributed by atoms with E-state index in [1.807, 2.05) is 42.2 Å². The molecular weight excluding hydrogens is 463 g/mol. The zero-order valence-corrected chi connectivity index (χ0v) is 20.7. The normalized spacial score (nSPS) is 20.8. The van der Waals surface area contributed by atoms with Crippen molar-refractivity contribution in [3.63, 3.8) is 0 Å². The third kappa shape index (κ3) is 5.26. The van der Waals surface area contributed by atoms with E-state index in [1.54, 1.807) is 26.1 Å². The van der Waals surface area contributed by atoms with E-state index >= 15 is 0 Å². The molecule has 0 bridgehead atoms. The van der Waals surface area contributed by atoms with E-state index in [1.165, 1.54) is 17.0 Å². The number of urea groups is 1. The molecule has 2 atom stereocenters. The zero-order valence-electron chi connectivity index (χ0n) is 20.7. The minimum absolute atomic E-state index is 0.0142. The third-order valence-corrected chi connectivity index (χ3v) is 6.64. The van der Waals surface area contributed by atoms with Crippen molar-refractivity contribution in [3.05, 3.63) is 82.8 Å². The van der Waals surface area contributed by atoms with E-state index in [0.29, 0.717) is 48.6 Å². The van der Waals surface area contributed by atoms with E-state index in [-0.39, 0.29) is 24.6 Å². The van der Waals surface area contributed by atoms with Gasteiger partial charge in [-0.05, 0) is 43.7 Å². The summed E-state index contributed by atoms with van der Waals surface area (Å²) in [5, 5.41) is 2.84. The summed E-state index contributed by atoms with van der Waals surface area (Å²) >= 11 is 0. The molecule has 0 saturated carbocycles. The number of hydrogen-bond acceptors (Lipinski definition) is 5. The molecule has 0 spiro atoms. The van der Waals surface area contributed by atoms with Gasteiger partial charge in [0.1, 0.15) is 5.82 Å². The minimum Gasteiger partial charge on any atom is -0.463 e. The van der Waals surface area contributed by atoms with Gasteiger partial charge in [-0.25, -0.2) is 14.0 Å². The van der Waals surface area contributed by atoms with Gasteiger partial charge < -0.3 is 15.0 Å². The highest BCUT2D eigenvalue weighted by molar-refractivity contribution is 5.95. The molecule has 0 aromatic heterocycles. The van der Waals surface area contributed by atoms with Crippen molar-refractivity contribution in [2.45, 2.75) is 25.9 Å². The Bertz CT molecular complexity index is 1150.